The van der Waals surface area contributed by atoms with E-state index >= 15 is 0 Å². The summed E-state index contributed by atoms with van der Waals surface area (Å²) in [6, 6.07) is -0.0323. The second kappa shape index (κ2) is 6.79. The number of hydrogen-bond acceptors (Lipinski definition) is 4. The molecule has 0 saturated heterocycles. The molecule has 1 heterocycles. The van der Waals surface area contributed by atoms with E-state index in [1.54, 1.807) is 6.20 Å². The third-order valence-corrected chi connectivity index (χ3v) is 4.44. The van der Waals surface area contributed by atoms with Crippen LogP contribution in [0.15, 0.2) is 11.0 Å². The molecule has 21 heavy (non-hydrogen) atoms. The largest absolute Gasteiger partial charge is 0.388 e. The van der Waals surface area contributed by atoms with E-state index in [2.05, 4.69) is 10.4 Å². The fourth-order valence-electron chi connectivity index (χ4n) is 2.76. The summed E-state index contributed by atoms with van der Waals surface area (Å²) in [5.41, 5.74) is -0.520. The van der Waals surface area contributed by atoms with E-state index in [4.69, 9.17) is 11.6 Å². The molecule has 0 atom stereocenters. The first-order chi connectivity index (χ1) is 9.93. The zero-order chi connectivity index (χ0) is 15.5. The lowest BCUT2D eigenvalue weighted by Crippen LogP contribution is -2.37. The van der Waals surface area contributed by atoms with Crippen LogP contribution in [0.1, 0.15) is 58.4 Å². The second-order valence-electron chi connectivity index (χ2n) is 6.21. The number of rotatable bonds is 4. The molecule has 1 aliphatic carbocycles. The molecule has 0 amide bonds. The minimum absolute atomic E-state index is 0.0323. The van der Waals surface area contributed by atoms with Gasteiger partial charge in [-0.3, -0.25) is 4.79 Å². The Labute approximate surface area is 130 Å². The number of nitrogens with one attached hydrogen (secondary N) is 1. The molecule has 0 radical (unpaired) electrons. The summed E-state index contributed by atoms with van der Waals surface area (Å²) in [5, 5.41) is 18.0. The Balaban J connectivity index is 2.10. The highest BCUT2D eigenvalue weighted by atomic mass is 35.5. The van der Waals surface area contributed by atoms with Crippen molar-refractivity contribution < 1.29 is 5.11 Å². The maximum absolute atomic E-state index is 12.1. The van der Waals surface area contributed by atoms with Crippen LogP contribution in [-0.2, 0) is 0 Å². The van der Waals surface area contributed by atoms with Gasteiger partial charge in [0, 0.05) is 6.54 Å². The molecule has 5 nitrogen and oxygen atoms in total. The molecule has 2 rings (SSSR count). The first kappa shape index (κ1) is 16.3. The van der Waals surface area contributed by atoms with Crippen LogP contribution in [0.4, 0.5) is 5.69 Å². The van der Waals surface area contributed by atoms with Crippen LogP contribution in [0.25, 0.3) is 0 Å². The van der Waals surface area contributed by atoms with Gasteiger partial charge in [-0.1, -0.05) is 37.3 Å². The fraction of sp³-hybridized carbons (Fsp3) is 0.733. The zero-order valence-electron chi connectivity index (χ0n) is 12.7. The molecule has 1 aromatic rings. The maximum Gasteiger partial charge on any atom is 0.287 e. The lowest BCUT2D eigenvalue weighted by Gasteiger charge is -2.27. The fourth-order valence-corrected chi connectivity index (χ4v) is 2.96. The maximum atomic E-state index is 12.1. The SMILES string of the molecule is CC(C)n1ncc(NCC2(O)CCCCCC2)c(Cl)c1=O. The van der Waals surface area contributed by atoms with Gasteiger partial charge in [-0.05, 0) is 26.7 Å². The van der Waals surface area contributed by atoms with E-state index < -0.39 is 5.60 Å². The normalized spacial score (nSPS) is 18.5. The summed E-state index contributed by atoms with van der Waals surface area (Å²) in [4.78, 5) is 12.1. The molecule has 1 saturated carbocycles. The van der Waals surface area contributed by atoms with Crippen LogP contribution < -0.4 is 10.9 Å². The molecule has 0 spiro atoms. The van der Waals surface area contributed by atoms with Gasteiger partial charge in [-0.25, -0.2) is 4.68 Å². The lowest BCUT2D eigenvalue weighted by molar-refractivity contribution is 0.0381. The molecule has 0 aliphatic heterocycles. The summed E-state index contributed by atoms with van der Waals surface area (Å²) in [6.45, 7) is 4.16. The van der Waals surface area contributed by atoms with Gasteiger partial charge in [-0.15, -0.1) is 0 Å². The Morgan fingerprint density at radius 2 is 2.00 bits per heavy atom. The summed E-state index contributed by atoms with van der Waals surface area (Å²) in [5.74, 6) is 0. The molecule has 6 heteroatoms. The van der Waals surface area contributed by atoms with Crippen molar-refractivity contribution in [1.82, 2.24) is 9.78 Å². The van der Waals surface area contributed by atoms with Crippen molar-refractivity contribution in [3.63, 3.8) is 0 Å². The number of hydrogen-bond donors (Lipinski definition) is 2. The smallest absolute Gasteiger partial charge is 0.287 e. The first-order valence-corrected chi connectivity index (χ1v) is 8.04. The Bertz CT molecular complexity index is 534. The van der Waals surface area contributed by atoms with Crippen molar-refractivity contribution in [3.8, 4) is 0 Å². The van der Waals surface area contributed by atoms with Crippen LogP contribution in [-0.4, -0.2) is 27.0 Å². The summed E-state index contributed by atoms with van der Waals surface area (Å²) >= 11 is 6.12. The van der Waals surface area contributed by atoms with E-state index in [9.17, 15) is 9.90 Å². The quantitative estimate of drug-likeness (QED) is 0.839. The van der Waals surface area contributed by atoms with Gasteiger partial charge in [0.1, 0.15) is 5.02 Å². The Morgan fingerprint density at radius 3 is 2.57 bits per heavy atom. The van der Waals surface area contributed by atoms with Crippen molar-refractivity contribution in [2.75, 3.05) is 11.9 Å². The molecule has 1 aliphatic rings. The number of halogens is 1. The van der Waals surface area contributed by atoms with Crippen molar-refractivity contribution >= 4 is 17.3 Å². The third-order valence-electron chi connectivity index (χ3n) is 4.07. The predicted molar refractivity (Wildman–Crippen MR) is 85.0 cm³/mol. The molecule has 0 aromatic carbocycles. The zero-order valence-corrected chi connectivity index (χ0v) is 13.5. The van der Waals surface area contributed by atoms with Crippen molar-refractivity contribution in [1.29, 1.82) is 0 Å². The van der Waals surface area contributed by atoms with Gasteiger partial charge in [0.15, 0.2) is 0 Å². The van der Waals surface area contributed by atoms with E-state index in [1.165, 1.54) is 17.5 Å². The van der Waals surface area contributed by atoms with Crippen LogP contribution in [0.3, 0.4) is 0 Å². The van der Waals surface area contributed by atoms with Crippen molar-refractivity contribution in [3.05, 3.63) is 21.6 Å². The Hall–Kier alpha value is -1.07. The minimum Gasteiger partial charge on any atom is -0.388 e. The topological polar surface area (TPSA) is 67.2 Å². The van der Waals surface area contributed by atoms with E-state index in [1.807, 2.05) is 13.8 Å². The molecule has 1 aromatic heterocycles. The van der Waals surface area contributed by atoms with Crippen molar-refractivity contribution in [2.45, 2.75) is 64.0 Å². The van der Waals surface area contributed by atoms with Crippen LogP contribution in [0, 0.1) is 0 Å². The summed E-state index contributed by atoms with van der Waals surface area (Å²) in [7, 11) is 0. The predicted octanol–water partition coefficient (Wildman–Crippen LogP) is 2.97. The number of nitrogens with zero attached hydrogens (tertiary/aromatic N) is 2. The third kappa shape index (κ3) is 3.98. The minimum atomic E-state index is -0.716. The molecule has 1 fully saturated rings. The van der Waals surface area contributed by atoms with Gasteiger partial charge in [0.25, 0.3) is 5.56 Å². The highest BCUT2D eigenvalue weighted by molar-refractivity contribution is 6.32. The highest BCUT2D eigenvalue weighted by Crippen LogP contribution is 2.28. The molecule has 118 valence electrons. The van der Waals surface area contributed by atoms with Gasteiger partial charge >= 0.3 is 0 Å². The first-order valence-electron chi connectivity index (χ1n) is 7.66. The Morgan fingerprint density at radius 1 is 1.38 bits per heavy atom. The number of anilines is 1. The molecular weight excluding hydrogens is 290 g/mol. The lowest BCUT2D eigenvalue weighted by atomic mass is 9.94. The van der Waals surface area contributed by atoms with E-state index in [0.29, 0.717) is 12.2 Å². The summed E-state index contributed by atoms with van der Waals surface area (Å²) in [6.07, 6.45) is 7.56. The van der Waals surface area contributed by atoms with Gasteiger partial charge < -0.3 is 10.4 Å². The number of aliphatic hydroxyl groups is 1. The molecule has 0 unspecified atom stereocenters. The van der Waals surface area contributed by atoms with Gasteiger partial charge in [0.2, 0.25) is 0 Å². The Kier molecular flexibility index (Phi) is 5.27. The summed E-state index contributed by atoms with van der Waals surface area (Å²) < 4.78 is 1.36. The monoisotopic (exact) mass is 313 g/mol. The standard InChI is InChI=1S/C15H24ClN3O2/c1-11(2)19-14(20)13(16)12(9-18-19)17-10-15(21)7-5-3-4-6-8-15/h9,11,17,21H,3-8,10H2,1-2H3. The van der Waals surface area contributed by atoms with Crippen LogP contribution in [0.2, 0.25) is 5.02 Å². The average molecular weight is 314 g/mol. The molecule has 0 bridgehead atoms. The second-order valence-corrected chi connectivity index (χ2v) is 6.59. The molecule has 2 N–H and O–H groups in total. The van der Waals surface area contributed by atoms with Gasteiger partial charge in [-0.2, -0.15) is 5.10 Å². The van der Waals surface area contributed by atoms with Crippen molar-refractivity contribution in [2.24, 2.45) is 0 Å². The van der Waals surface area contributed by atoms with Crippen LogP contribution in [0.5, 0.6) is 0 Å². The van der Waals surface area contributed by atoms with E-state index in [0.717, 1.165) is 25.7 Å². The molecular formula is C15H24ClN3O2. The highest BCUT2D eigenvalue weighted by Gasteiger charge is 2.28. The average Bonchev–Trinajstić information content (AvgIpc) is 2.65. The van der Waals surface area contributed by atoms with E-state index in [-0.39, 0.29) is 16.6 Å². The van der Waals surface area contributed by atoms with Gasteiger partial charge in [0.05, 0.1) is 23.5 Å². The number of aromatic nitrogens is 2. The van der Waals surface area contributed by atoms with Crippen LogP contribution >= 0.6 is 11.6 Å².